The molecular weight excluding hydrogens is 476 g/mol. The average Bonchev–Trinajstić information content (AvgIpc) is 2.89. The summed E-state index contributed by atoms with van der Waals surface area (Å²) in [6, 6.07) is 14.2. The summed E-state index contributed by atoms with van der Waals surface area (Å²) in [5.74, 6) is 0. The van der Waals surface area contributed by atoms with Gasteiger partial charge in [-0.05, 0) is 36.8 Å². The lowest BCUT2D eigenvalue weighted by atomic mass is 10.1. The van der Waals surface area contributed by atoms with Crippen molar-refractivity contribution in [3.63, 3.8) is 0 Å². The fourth-order valence-electron chi connectivity index (χ4n) is 4.47. The molecule has 0 radical (unpaired) electrons. The van der Waals surface area contributed by atoms with Gasteiger partial charge in [0.15, 0.2) is 0 Å². The Morgan fingerprint density at radius 1 is 0.486 bits per heavy atom. The molecule has 12 heteroatoms. The standard InChI is InChI=1S/C25H12N8O4/c1-11-2-5-14-17(8-11)29-23-20(26-14)24-22(28-16-7-4-13(33(36)37)10-19(16)30-24)25-21(23)27-15-6-3-12(32(34)35)9-18(15)31-25/h2-10H,1H3. The van der Waals surface area contributed by atoms with E-state index in [2.05, 4.69) is 0 Å². The third-order valence-corrected chi connectivity index (χ3v) is 6.21. The van der Waals surface area contributed by atoms with E-state index >= 15 is 0 Å². The van der Waals surface area contributed by atoms with Crippen molar-refractivity contribution in [1.82, 2.24) is 29.9 Å². The highest BCUT2D eigenvalue weighted by atomic mass is 16.6. The van der Waals surface area contributed by atoms with Crippen LogP contribution in [0.15, 0.2) is 54.6 Å². The predicted octanol–water partition coefficient (Wildman–Crippen LogP) is 5.10. The second kappa shape index (κ2) is 7.24. The lowest BCUT2D eigenvalue weighted by molar-refractivity contribution is -0.384. The molecule has 3 heterocycles. The molecule has 4 aromatic carbocycles. The Balaban J connectivity index is 1.71. The summed E-state index contributed by atoms with van der Waals surface area (Å²) < 4.78 is 0. The quantitative estimate of drug-likeness (QED) is 0.138. The van der Waals surface area contributed by atoms with Crippen LogP contribution >= 0.6 is 0 Å². The first-order chi connectivity index (χ1) is 17.9. The molecular formula is C25H12N8O4. The van der Waals surface area contributed by atoms with E-state index in [-0.39, 0.29) is 11.4 Å². The first-order valence-corrected chi connectivity index (χ1v) is 11.1. The summed E-state index contributed by atoms with van der Waals surface area (Å²) in [7, 11) is 0. The van der Waals surface area contributed by atoms with Gasteiger partial charge in [0.2, 0.25) is 0 Å². The highest BCUT2D eigenvalue weighted by molar-refractivity contribution is 6.21. The summed E-state index contributed by atoms with van der Waals surface area (Å²) in [6.45, 7) is 1.95. The van der Waals surface area contributed by atoms with Crippen LogP contribution in [-0.2, 0) is 0 Å². The highest BCUT2D eigenvalue weighted by Gasteiger charge is 2.20. The molecule has 0 N–H and O–H groups in total. The third kappa shape index (κ3) is 3.09. The highest BCUT2D eigenvalue weighted by Crippen LogP contribution is 2.34. The minimum Gasteiger partial charge on any atom is -0.258 e. The van der Waals surface area contributed by atoms with Gasteiger partial charge in [-0.25, -0.2) is 29.9 Å². The van der Waals surface area contributed by atoms with Gasteiger partial charge < -0.3 is 0 Å². The molecule has 0 atom stereocenters. The van der Waals surface area contributed by atoms with Crippen molar-refractivity contribution >= 4 is 77.6 Å². The second-order valence-corrected chi connectivity index (χ2v) is 8.61. The fourth-order valence-corrected chi connectivity index (χ4v) is 4.47. The summed E-state index contributed by atoms with van der Waals surface area (Å²) in [6.07, 6.45) is 0. The summed E-state index contributed by atoms with van der Waals surface area (Å²) in [4.78, 5) is 50.2. The van der Waals surface area contributed by atoms with Crippen molar-refractivity contribution < 1.29 is 9.85 Å². The lowest BCUT2D eigenvalue weighted by Crippen LogP contribution is -1.99. The zero-order valence-electron chi connectivity index (χ0n) is 18.9. The molecule has 176 valence electrons. The molecule has 0 unspecified atom stereocenters. The van der Waals surface area contributed by atoms with E-state index in [0.717, 1.165) is 5.56 Å². The maximum absolute atomic E-state index is 11.3. The van der Waals surface area contributed by atoms with E-state index in [4.69, 9.17) is 29.9 Å². The molecule has 3 aromatic heterocycles. The Bertz CT molecular complexity index is 2120. The number of nitro groups is 2. The van der Waals surface area contributed by atoms with Crippen molar-refractivity contribution in [2.24, 2.45) is 0 Å². The molecule has 0 bridgehead atoms. The Morgan fingerprint density at radius 3 is 1.19 bits per heavy atom. The van der Waals surface area contributed by atoms with Gasteiger partial charge in [0, 0.05) is 24.3 Å². The lowest BCUT2D eigenvalue weighted by Gasteiger charge is -2.10. The van der Waals surface area contributed by atoms with Crippen molar-refractivity contribution in [1.29, 1.82) is 0 Å². The number of fused-ring (bicyclic) bond motifs is 9. The molecule has 7 rings (SSSR count). The third-order valence-electron chi connectivity index (χ3n) is 6.21. The van der Waals surface area contributed by atoms with Crippen LogP contribution in [0.4, 0.5) is 11.4 Å². The van der Waals surface area contributed by atoms with Crippen LogP contribution < -0.4 is 0 Å². The molecule has 37 heavy (non-hydrogen) atoms. The van der Waals surface area contributed by atoms with Gasteiger partial charge in [-0.2, -0.15) is 0 Å². The topological polar surface area (TPSA) is 164 Å². The van der Waals surface area contributed by atoms with E-state index < -0.39 is 9.85 Å². The number of aromatic nitrogens is 6. The molecule has 0 aliphatic carbocycles. The number of rotatable bonds is 2. The molecule has 0 spiro atoms. The zero-order valence-corrected chi connectivity index (χ0v) is 18.9. The zero-order chi connectivity index (χ0) is 25.4. The maximum Gasteiger partial charge on any atom is 0.271 e. The Morgan fingerprint density at radius 2 is 0.811 bits per heavy atom. The molecule has 12 nitrogen and oxygen atoms in total. The predicted molar refractivity (Wildman–Crippen MR) is 136 cm³/mol. The van der Waals surface area contributed by atoms with E-state index in [0.29, 0.717) is 66.2 Å². The largest absolute Gasteiger partial charge is 0.271 e. The van der Waals surface area contributed by atoms with Crippen molar-refractivity contribution in [2.45, 2.75) is 6.92 Å². The molecule has 0 aliphatic rings. The molecule has 0 fully saturated rings. The Kier molecular flexibility index (Phi) is 4.07. The van der Waals surface area contributed by atoms with Crippen molar-refractivity contribution in [3.8, 4) is 0 Å². The van der Waals surface area contributed by atoms with Gasteiger partial charge in [0.05, 0.1) is 42.9 Å². The van der Waals surface area contributed by atoms with Gasteiger partial charge >= 0.3 is 0 Å². The van der Waals surface area contributed by atoms with E-state index in [1.807, 2.05) is 25.1 Å². The van der Waals surface area contributed by atoms with Crippen molar-refractivity contribution in [3.05, 3.63) is 80.4 Å². The Labute approximate surface area is 205 Å². The van der Waals surface area contributed by atoms with Crippen LogP contribution in [0.1, 0.15) is 5.56 Å². The molecule has 0 amide bonds. The number of benzene rings is 4. The summed E-state index contributed by atoms with van der Waals surface area (Å²) in [5.41, 5.74) is 5.94. The first kappa shape index (κ1) is 20.8. The van der Waals surface area contributed by atoms with Gasteiger partial charge in [0.1, 0.15) is 33.1 Å². The average molecular weight is 488 g/mol. The van der Waals surface area contributed by atoms with Crippen molar-refractivity contribution in [2.75, 3.05) is 0 Å². The summed E-state index contributed by atoms with van der Waals surface area (Å²) in [5, 5.41) is 22.7. The smallest absolute Gasteiger partial charge is 0.258 e. The number of nitro benzene ring substituents is 2. The minimum atomic E-state index is -0.496. The summed E-state index contributed by atoms with van der Waals surface area (Å²) >= 11 is 0. The van der Waals surface area contributed by atoms with Crippen LogP contribution in [0.25, 0.3) is 66.2 Å². The van der Waals surface area contributed by atoms with E-state index in [9.17, 15) is 20.2 Å². The number of hydrogen-bond donors (Lipinski definition) is 0. The Hall–Kier alpha value is -5.52. The number of nitrogens with zero attached hydrogens (tertiary/aromatic N) is 8. The number of aryl methyl sites for hydroxylation is 1. The number of non-ortho nitro benzene ring substituents is 2. The van der Waals surface area contributed by atoms with Crippen LogP contribution in [0, 0.1) is 27.2 Å². The van der Waals surface area contributed by atoms with Crippen LogP contribution in [-0.4, -0.2) is 39.8 Å². The van der Waals surface area contributed by atoms with Gasteiger partial charge in [0.25, 0.3) is 11.4 Å². The van der Waals surface area contributed by atoms with E-state index in [1.165, 1.54) is 30.3 Å². The minimum absolute atomic E-state index is 0.114. The fraction of sp³-hybridized carbons (Fsp3) is 0.0400. The van der Waals surface area contributed by atoms with Crippen LogP contribution in [0.5, 0.6) is 0 Å². The van der Waals surface area contributed by atoms with E-state index in [1.54, 1.807) is 6.07 Å². The van der Waals surface area contributed by atoms with Crippen LogP contribution in [0.3, 0.4) is 0 Å². The van der Waals surface area contributed by atoms with Gasteiger partial charge in [-0.3, -0.25) is 20.2 Å². The molecule has 7 aromatic rings. The second-order valence-electron chi connectivity index (χ2n) is 8.61. The number of hydrogen-bond acceptors (Lipinski definition) is 10. The first-order valence-electron chi connectivity index (χ1n) is 11.1. The monoisotopic (exact) mass is 488 g/mol. The molecule has 0 aliphatic heterocycles. The normalized spacial score (nSPS) is 11.8. The molecule has 0 saturated heterocycles. The van der Waals surface area contributed by atoms with Crippen LogP contribution in [0.2, 0.25) is 0 Å². The maximum atomic E-state index is 11.3. The molecule has 0 saturated carbocycles. The van der Waals surface area contributed by atoms with Gasteiger partial charge in [-0.15, -0.1) is 0 Å². The SMILES string of the molecule is Cc1ccc2nc3c(nc2c1)c1nc2ccc([N+](=O)[O-])cc2nc1c1nc2ccc([N+](=O)[O-])cc2nc31. The van der Waals surface area contributed by atoms with Gasteiger partial charge in [-0.1, -0.05) is 6.07 Å².